The summed E-state index contributed by atoms with van der Waals surface area (Å²) in [4.78, 5) is 28.1. The van der Waals surface area contributed by atoms with Crippen LogP contribution in [0.2, 0.25) is 0 Å². The quantitative estimate of drug-likeness (QED) is 0.510. The molecule has 1 fully saturated rings. The van der Waals surface area contributed by atoms with Crippen molar-refractivity contribution in [3.63, 3.8) is 0 Å². The number of para-hydroxylation sites is 1. The summed E-state index contributed by atoms with van der Waals surface area (Å²) in [6.45, 7) is 2.51. The van der Waals surface area contributed by atoms with Gasteiger partial charge in [0.15, 0.2) is 5.60 Å². The van der Waals surface area contributed by atoms with Gasteiger partial charge in [0.2, 0.25) is 11.7 Å². The number of carbonyl (C=O) groups excluding carboxylic acids is 2. The third-order valence-corrected chi connectivity index (χ3v) is 7.33. The molecule has 2 heterocycles. The van der Waals surface area contributed by atoms with E-state index in [9.17, 15) is 14.0 Å². The van der Waals surface area contributed by atoms with Crippen LogP contribution in [0.25, 0.3) is 0 Å². The molecule has 0 bridgehead atoms. The van der Waals surface area contributed by atoms with Crippen LogP contribution in [0.1, 0.15) is 47.7 Å². The van der Waals surface area contributed by atoms with Gasteiger partial charge < -0.3 is 14.4 Å². The van der Waals surface area contributed by atoms with Gasteiger partial charge in [0.05, 0.1) is 12.1 Å². The summed E-state index contributed by atoms with van der Waals surface area (Å²) in [5.74, 6) is 0.835. The van der Waals surface area contributed by atoms with Crippen LogP contribution in [-0.2, 0) is 16.8 Å². The highest BCUT2D eigenvalue weighted by atomic mass is 19.1. The van der Waals surface area contributed by atoms with Gasteiger partial charge in [-0.2, -0.15) is 0 Å². The number of Topliss-reactive ketones (excluding diaryl/α,β-unsaturated/α-hetero) is 1. The third kappa shape index (κ3) is 3.05. The molecule has 1 saturated carbocycles. The second kappa shape index (κ2) is 7.42. The minimum atomic E-state index is -0.843. The van der Waals surface area contributed by atoms with E-state index in [4.69, 9.17) is 9.47 Å². The van der Waals surface area contributed by atoms with E-state index in [1.165, 1.54) is 12.1 Å². The van der Waals surface area contributed by atoms with E-state index >= 15 is 0 Å². The predicted octanol–water partition coefficient (Wildman–Crippen LogP) is 5.21. The van der Waals surface area contributed by atoms with Gasteiger partial charge in [0.25, 0.3) is 0 Å². The highest BCUT2D eigenvalue weighted by Gasteiger charge is 2.57. The van der Waals surface area contributed by atoms with Crippen molar-refractivity contribution >= 4 is 17.4 Å². The van der Waals surface area contributed by atoms with Crippen LogP contribution in [0.15, 0.2) is 66.7 Å². The Kier molecular flexibility index (Phi) is 4.56. The normalized spacial score (nSPS) is 21.4. The van der Waals surface area contributed by atoms with Crippen LogP contribution in [0, 0.1) is 5.82 Å². The van der Waals surface area contributed by atoms with Crippen LogP contribution in [0.4, 0.5) is 10.1 Å². The van der Waals surface area contributed by atoms with E-state index in [-0.39, 0.29) is 24.1 Å². The molecule has 1 atom stereocenters. The summed E-state index contributed by atoms with van der Waals surface area (Å²) < 4.78 is 25.5. The highest BCUT2D eigenvalue weighted by Crippen LogP contribution is 2.51. The molecule has 3 aliphatic rings. The molecular formula is C28H24FNO4. The second-order valence-electron chi connectivity index (χ2n) is 9.34. The Bertz CT molecular complexity index is 1310. The van der Waals surface area contributed by atoms with Gasteiger partial charge in [-0.05, 0) is 60.7 Å². The summed E-state index contributed by atoms with van der Waals surface area (Å²) in [6.07, 6.45) is 2.07. The second-order valence-corrected chi connectivity index (χ2v) is 9.34. The number of anilines is 1. The first-order valence-corrected chi connectivity index (χ1v) is 11.6. The molecule has 34 heavy (non-hydrogen) atoms. The predicted molar refractivity (Wildman–Crippen MR) is 125 cm³/mol. The molecule has 1 aliphatic carbocycles. The Hall–Kier alpha value is -3.67. The van der Waals surface area contributed by atoms with Gasteiger partial charge in [0.1, 0.15) is 29.3 Å². The van der Waals surface area contributed by atoms with Crippen molar-refractivity contribution in [2.45, 2.75) is 43.7 Å². The molecule has 2 aliphatic heterocycles. The van der Waals surface area contributed by atoms with Crippen LogP contribution < -0.4 is 14.4 Å². The highest BCUT2D eigenvalue weighted by molar-refractivity contribution is 6.09. The van der Waals surface area contributed by atoms with Gasteiger partial charge >= 0.3 is 0 Å². The maximum Gasteiger partial charge on any atom is 0.241 e. The molecule has 6 rings (SSSR count). The van der Waals surface area contributed by atoms with Crippen molar-refractivity contribution in [1.29, 1.82) is 0 Å². The monoisotopic (exact) mass is 457 g/mol. The smallest absolute Gasteiger partial charge is 0.241 e. The molecule has 3 aromatic carbocycles. The number of fused-ring (bicyclic) bond motifs is 2. The van der Waals surface area contributed by atoms with Gasteiger partial charge in [-0.15, -0.1) is 0 Å². The molecule has 0 radical (unpaired) electrons. The van der Waals surface area contributed by atoms with Crippen molar-refractivity contribution in [3.05, 3.63) is 89.2 Å². The van der Waals surface area contributed by atoms with E-state index < -0.39 is 11.0 Å². The largest absolute Gasteiger partial charge is 0.492 e. The van der Waals surface area contributed by atoms with Crippen LogP contribution >= 0.6 is 0 Å². The molecule has 172 valence electrons. The zero-order chi connectivity index (χ0) is 23.5. The van der Waals surface area contributed by atoms with Crippen molar-refractivity contribution in [2.24, 2.45) is 0 Å². The third-order valence-electron chi connectivity index (χ3n) is 7.33. The first kappa shape index (κ1) is 20.9. The molecule has 0 saturated heterocycles. The number of nitrogens with zero attached hydrogens (tertiary/aromatic N) is 1. The number of rotatable bonds is 6. The average molecular weight is 458 g/mol. The van der Waals surface area contributed by atoms with E-state index in [2.05, 4.69) is 0 Å². The Labute approximate surface area is 197 Å². The molecule has 0 aromatic heterocycles. The number of amides is 1. The molecule has 1 unspecified atom stereocenters. The van der Waals surface area contributed by atoms with Crippen LogP contribution in [0.5, 0.6) is 11.5 Å². The molecule has 0 N–H and O–H groups in total. The van der Waals surface area contributed by atoms with E-state index in [1.54, 1.807) is 35.2 Å². The maximum absolute atomic E-state index is 13.8. The number of ketones is 1. The Morgan fingerprint density at radius 2 is 1.79 bits per heavy atom. The number of hydrogen-bond acceptors (Lipinski definition) is 4. The average Bonchev–Trinajstić information content (AvgIpc) is 3.53. The van der Waals surface area contributed by atoms with Gasteiger partial charge in [-0.3, -0.25) is 9.59 Å². The lowest BCUT2D eigenvalue weighted by molar-refractivity contribution is -0.124. The van der Waals surface area contributed by atoms with Gasteiger partial charge in [-0.25, -0.2) is 4.39 Å². The SMILES string of the molecule is CCC1(COc2ccc3c(c2)OC2(CC2)C3=O)C(=O)N(Cc2ccc(F)cc2)c2ccccc21. The van der Waals surface area contributed by atoms with Crippen molar-refractivity contribution in [2.75, 3.05) is 11.5 Å². The summed E-state index contributed by atoms with van der Waals surface area (Å²) in [5, 5.41) is 0. The topological polar surface area (TPSA) is 55.8 Å². The summed E-state index contributed by atoms with van der Waals surface area (Å²) in [5.41, 5.74) is 1.74. The van der Waals surface area contributed by atoms with Gasteiger partial charge in [-0.1, -0.05) is 37.3 Å². The fourth-order valence-corrected chi connectivity index (χ4v) is 5.13. The van der Waals surface area contributed by atoms with Crippen molar-refractivity contribution < 1.29 is 23.5 Å². The van der Waals surface area contributed by atoms with E-state index in [0.717, 1.165) is 29.7 Å². The van der Waals surface area contributed by atoms with Crippen molar-refractivity contribution in [1.82, 2.24) is 0 Å². The lowest BCUT2D eigenvalue weighted by atomic mass is 9.80. The first-order chi connectivity index (χ1) is 16.5. The lowest BCUT2D eigenvalue weighted by Crippen LogP contribution is -2.44. The first-order valence-electron chi connectivity index (χ1n) is 11.6. The fraction of sp³-hybridized carbons (Fsp3) is 0.286. The Morgan fingerprint density at radius 1 is 1.03 bits per heavy atom. The van der Waals surface area contributed by atoms with E-state index in [1.807, 2.05) is 31.2 Å². The number of hydrogen-bond donors (Lipinski definition) is 0. The summed E-state index contributed by atoms with van der Waals surface area (Å²) in [6, 6.07) is 19.3. The Balaban J connectivity index is 1.28. The Morgan fingerprint density at radius 3 is 2.53 bits per heavy atom. The zero-order valence-electron chi connectivity index (χ0n) is 18.8. The fourth-order valence-electron chi connectivity index (χ4n) is 5.13. The standard InChI is InChI=1S/C28H24FNO4/c1-2-27(17-33-20-11-12-21-24(15-20)34-28(13-14-28)25(21)31)22-5-3-4-6-23(22)30(26(27)32)16-18-7-9-19(29)10-8-18/h3-12,15H,2,13-14,16-17H2,1H3. The number of ether oxygens (including phenoxy) is 2. The van der Waals surface area contributed by atoms with Crippen LogP contribution in [0.3, 0.4) is 0 Å². The maximum atomic E-state index is 13.8. The molecule has 1 spiro atoms. The molecular weight excluding hydrogens is 433 g/mol. The lowest BCUT2D eigenvalue weighted by Gasteiger charge is -2.28. The van der Waals surface area contributed by atoms with Gasteiger partial charge in [0, 0.05) is 11.8 Å². The number of carbonyl (C=O) groups is 2. The number of halogens is 1. The molecule has 3 aromatic rings. The van der Waals surface area contributed by atoms with E-state index in [0.29, 0.717) is 30.0 Å². The molecule has 5 nitrogen and oxygen atoms in total. The minimum Gasteiger partial charge on any atom is -0.492 e. The number of benzene rings is 3. The zero-order valence-corrected chi connectivity index (χ0v) is 18.8. The summed E-state index contributed by atoms with van der Waals surface area (Å²) in [7, 11) is 0. The molecule has 6 heteroatoms. The van der Waals surface area contributed by atoms with Crippen molar-refractivity contribution in [3.8, 4) is 11.5 Å². The minimum absolute atomic E-state index is 0.0370. The molecule has 1 amide bonds. The summed E-state index contributed by atoms with van der Waals surface area (Å²) >= 11 is 0. The van der Waals surface area contributed by atoms with Crippen LogP contribution in [-0.4, -0.2) is 23.9 Å².